The zero-order chi connectivity index (χ0) is 17.4. The predicted octanol–water partition coefficient (Wildman–Crippen LogP) is 3.59. The second-order valence-electron chi connectivity index (χ2n) is 6.54. The number of anilines is 1. The van der Waals surface area contributed by atoms with E-state index >= 15 is 0 Å². The van der Waals surface area contributed by atoms with Gasteiger partial charge in [0.2, 0.25) is 0 Å². The van der Waals surface area contributed by atoms with Crippen LogP contribution in [0.4, 0.5) is 5.69 Å². The molecule has 1 aliphatic rings. The Hall–Kier alpha value is -2.37. The molecule has 5 heteroatoms. The van der Waals surface area contributed by atoms with Crippen LogP contribution in [0.15, 0.2) is 48.5 Å². The first-order valence-electron chi connectivity index (χ1n) is 8.50. The van der Waals surface area contributed by atoms with Gasteiger partial charge in [0.15, 0.2) is 5.11 Å². The van der Waals surface area contributed by atoms with E-state index in [0.717, 1.165) is 23.2 Å². The summed E-state index contributed by atoms with van der Waals surface area (Å²) in [5, 5.41) is 15.2. The number of H-pyrrole nitrogens is 1. The summed E-state index contributed by atoms with van der Waals surface area (Å²) >= 11 is 5.66. The highest BCUT2D eigenvalue weighted by Gasteiger charge is 2.30. The van der Waals surface area contributed by atoms with E-state index in [2.05, 4.69) is 46.4 Å². The lowest BCUT2D eigenvalue weighted by molar-refractivity contribution is 0.167. The van der Waals surface area contributed by atoms with Crippen LogP contribution in [0, 0.1) is 6.92 Å². The minimum Gasteiger partial charge on any atom is -0.394 e. The van der Waals surface area contributed by atoms with E-state index in [0.29, 0.717) is 11.7 Å². The van der Waals surface area contributed by atoms with Crippen molar-refractivity contribution in [2.24, 2.45) is 0 Å². The first-order valence-corrected chi connectivity index (χ1v) is 8.90. The molecule has 0 radical (unpaired) electrons. The van der Waals surface area contributed by atoms with Crippen molar-refractivity contribution in [1.29, 1.82) is 0 Å². The lowest BCUT2D eigenvalue weighted by atomic mass is 9.97. The average molecular weight is 351 g/mol. The summed E-state index contributed by atoms with van der Waals surface area (Å²) in [7, 11) is 0. The second kappa shape index (κ2) is 6.50. The standard InChI is InChI=1S/C20H21N3OS/c1-13-6-2-4-8-17(13)22-20(25)23-11-19-16(10-14(23)12-24)15-7-3-5-9-18(15)21-19/h2-9,14,21,24H,10-12H2,1H3,(H,22,25). The lowest BCUT2D eigenvalue weighted by Gasteiger charge is -2.36. The van der Waals surface area contributed by atoms with Crippen LogP contribution in [0.5, 0.6) is 0 Å². The molecule has 1 unspecified atom stereocenters. The molecule has 2 heterocycles. The minimum absolute atomic E-state index is 0.0178. The highest BCUT2D eigenvalue weighted by atomic mass is 32.1. The predicted molar refractivity (Wildman–Crippen MR) is 106 cm³/mol. The number of aromatic amines is 1. The average Bonchev–Trinajstić information content (AvgIpc) is 3.00. The summed E-state index contributed by atoms with van der Waals surface area (Å²) in [6, 6.07) is 16.4. The number of aryl methyl sites for hydroxylation is 1. The third-order valence-corrected chi connectivity index (χ3v) is 5.31. The number of para-hydroxylation sites is 2. The number of benzene rings is 2. The largest absolute Gasteiger partial charge is 0.394 e. The van der Waals surface area contributed by atoms with Gasteiger partial charge in [0.1, 0.15) is 0 Å². The van der Waals surface area contributed by atoms with Gasteiger partial charge >= 0.3 is 0 Å². The third kappa shape index (κ3) is 2.90. The fraction of sp³-hybridized carbons (Fsp3) is 0.250. The molecule has 2 aromatic carbocycles. The van der Waals surface area contributed by atoms with Gasteiger partial charge in [-0.05, 0) is 48.8 Å². The number of nitrogens with one attached hydrogen (secondary N) is 2. The van der Waals surface area contributed by atoms with Gasteiger partial charge in [0.25, 0.3) is 0 Å². The first-order chi connectivity index (χ1) is 12.2. The van der Waals surface area contributed by atoms with Crippen molar-refractivity contribution < 1.29 is 5.11 Å². The molecule has 4 rings (SSSR count). The quantitative estimate of drug-likeness (QED) is 0.618. The Morgan fingerprint density at radius 2 is 2.00 bits per heavy atom. The molecule has 0 bridgehead atoms. The summed E-state index contributed by atoms with van der Waals surface area (Å²) in [4.78, 5) is 5.59. The molecular formula is C20H21N3OS. The van der Waals surface area contributed by atoms with Gasteiger partial charge in [-0.2, -0.15) is 0 Å². The van der Waals surface area contributed by atoms with Crippen molar-refractivity contribution in [2.75, 3.05) is 11.9 Å². The van der Waals surface area contributed by atoms with Crippen LogP contribution < -0.4 is 5.32 Å². The van der Waals surface area contributed by atoms with E-state index in [9.17, 15) is 5.11 Å². The molecule has 0 saturated carbocycles. The Morgan fingerprint density at radius 3 is 2.80 bits per heavy atom. The molecule has 3 N–H and O–H groups in total. The number of aromatic nitrogens is 1. The van der Waals surface area contributed by atoms with Crippen molar-refractivity contribution in [3.8, 4) is 0 Å². The molecule has 128 valence electrons. The van der Waals surface area contributed by atoms with Gasteiger partial charge in [-0.25, -0.2) is 0 Å². The third-order valence-electron chi connectivity index (χ3n) is 4.97. The van der Waals surface area contributed by atoms with Crippen molar-refractivity contribution in [3.05, 3.63) is 65.4 Å². The molecule has 25 heavy (non-hydrogen) atoms. The van der Waals surface area contributed by atoms with Crippen molar-refractivity contribution >= 4 is 33.9 Å². The molecule has 0 spiro atoms. The summed E-state index contributed by atoms with van der Waals surface area (Å²) < 4.78 is 0. The minimum atomic E-state index is -0.0178. The van der Waals surface area contributed by atoms with Gasteiger partial charge in [-0.1, -0.05) is 36.4 Å². The van der Waals surface area contributed by atoms with Crippen LogP contribution >= 0.6 is 12.2 Å². The second-order valence-corrected chi connectivity index (χ2v) is 6.93. The molecule has 1 aromatic heterocycles. The van der Waals surface area contributed by atoms with E-state index in [4.69, 9.17) is 12.2 Å². The summed E-state index contributed by atoms with van der Waals surface area (Å²) in [5.41, 5.74) is 5.77. The Bertz CT molecular complexity index is 934. The highest BCUT2D eigenvalue weighted by molar-refractivity contribution is 7.80. The number of hydrogen-bond acceptors (Lipinski definition) is 2. The summed E-state index contributed by atoms with van der Waals surface area (Å²) in [6.45, 7) is 2.81. The molecule has 0 fully saturated rings. The van der Waals surface area contributed by atoms with Gasteiger partial charge in [-0.3, -0.25) is 0 Å². The Balaban J connectivity index is 1.63. The fourth-order valence-electron chi connectivity index (χ4n) is 3.57. The number of rotatable bonds is 2. The lowest BCUT2D eigenvalue weighted by Crippen LogP contribution is -2.48. The number of nitrogens with zero attached hydrogens (tertiary/aromatic N) is 1. The van der Waals surface area contributed by atoms with Crippen molar-refractivity contribution in [3.63, 3.8) is 0 Å². The van der Waals surface area contributed by atoms with E-state index in [-0.39, 0.29) is 12.6 Å². The van der Waals surface area contributed by atoms with Crippen LogP contribution in [-0.4, -0.2) is 32.8 Å². The van der Waals surface area contributed by atoms with Gasteiger partial charge in [0, 0.05) is 22.3 Å². The van der Waals surface area contributed by atoms with Crippen LogP contribution in [0.1, 0.15) is 16.8 Å². The normalized spacial score (nSPS) is 16.7. The van der Waals surface area contributed by atoms with E-state index in [1.807, 2.05) is 24.3 Å². The highest BCUT2D eigenvalue weighted by Crippen LogP contribution is 2.30. The maximum absolute atomic E-state index is 9.93. The number of aliphatic hydroxyl groups excluding tert-OH is 1. The van der Waals surface area contributed by atoms with Crippen molar-refractivity contribution in [2.45, 2.75) is 25.9 Å². The van der Waals surface area contributed by atoms with Crippen LogP contribution in [-0.2, 0) is 13.0 Å². The Morgan fingerprint density at radius 1 is 1.24 bits per heavy atom. The molecule has 4 nitrogen and oxygen atoms in total. The monoisotopic (exact) mass is 351 g/mol. The smallest absolute Gasteiger partial charge is 0.174 e. The number of fused-ring (bicyclic) bond motifs is 3. The Kier molecular flexibility index (Phi) is 4.19. The number of hydrogen-bond donors (Lipinski definition) is 3. The topological polar surface area (TPSA) is 51.3 Å². The van der Waals surface area contributed by atoms with E-state index in [1.54, 1.807) is 0 Å². The van der Waals surface area contributed by atoms with E-state index in [1.165, 1.54) is 16.6 Å². The number of thiocarbonyl (C=S) groups is 1. The molecule has 3 aromatic rings. The number of aliphatic hydroxyl groups is 1. The SMILES string of the molecule is Cc1ccccc1NC(=S)N1Cc2[nH]c3ccccc3c2CC1CO. The van der Waals surface area contributed by atoms with Gasteiger partial charge in [-0.15, -0.1) is 0 Å². The molecule has 1 aliphatic heterocycles. The fourth-order valence-corrected chi connectivity index (χ4v) is 3.89. The Labute approximate surface area is 152 Å². The van der Waals surface area contributed by atoms with Crippen LogP contribution in [0.25, 0.3) is 10.9 Å². The molecule has 0 aliphatic carbocycles. The van der Waals surface area contributed by atoms with Gasteiger partial charge in [0.05, 0.1) is 19.2 Å². The molecular weight excluding hydrogens is 330 g/mol. The van der Waals surface area contributed by atoms with Crippen LogP contribution in [0.3, 0.4) is 0 Å². The summed E-state index contributed by atoms with van der Waals surface area (Å²) in [5.74, 6) is 0. The van der Waals surface area contributed by atoms with E-state index < -0.39 is 0 Å². The molecule has 1 atom stereocenters. The zero-order valence-electron chi connectivity index (χ0n) is 14.1. The van der Waals surface area contributed by atoms with Gasteiger partial charge < -0.3 is 20.3 Å². The first kappa shape index (κ1) is 16.1. The van der Waals surface area contributed by atoms with Crippen molar-refractivity contribution in [1.82, 2.24) is 9.88 Å². The maximum atomic E-state index is 9.93. The maximum Gasteiger partial charge on any atom is 0.174 e. The van der Waals surface area contributed by atoms with Crippen LogP contribution in [0.2, 0.25) is 0 Å². The molecule has 0 saturated heterocycles. The summed E-state index contributed by atoms with van der Waals surface area (Å²) in [6.07, 6.45) is 0.783. The zero-order valence-corrected chi connectivity index (χ0v) is 14.9. The molecule has 0 amide bonds.